The number of aliphatic hydroxyl groups excluding tert-OH is 1. The molecule has 0 atom stereocenters. The normalized spacial score (nSPS) is 10.8. The van der Waals surface area contributed by atoms with E-state index in [2.05, 4.69) is 4.98 Å². The standard InChI is InChI=1S/C10H8ClNO2S.CH4O/c1-7-5-6-8-3-2-4-9(10(8)12-7)15(11,13)14;1-2/h2-6H,1H3;2H,1H3. The van der Waals surface area contributed by atoms with Crippen LogP contribution < -0.4 is 0 Å². The van der Waals surface area contributed by atoms with E-state index >= 15 is 0 Å². The Labute approximate surface area is 104 Å². The molecule has 1 N–H and O–H groups in total. The van der Waals surface area contributed by atoms with Gasteiger partial charge < -0.3 is 5.11 Å². The number of aliphatic hydroxyl groups is 1. The van der Waals surface area contributed by atoms with Gasteiger partial charge in [0.2, 0.25) is 0 Å². The molecule has 0 radical (unpaired) electrons. The van der Waals surface area contributed by atoms with Crippen molar-refractivity contribution in [3.8, 4) is 0 Å². The highest BCUT2D eigenvalue weighted by Gasteiger charge is 2.14. The number of halogens is 1. The maximum Gasteiger partial charge on any atom is 0.263 e. The molecule has 2 rings (SSSR count). The van der Waals surface area contributed by atoms with Gasteiger partial charge >= 0.3 is 0 Å². The summed E-state index contributed by atoms with van der Waals surface area (Å²) in [5.41, 5.74) is 1.18. The van der Waals surface area contributed by atoms with Crippen LogP contribution in [0.3, 0.4) is 0 Å². The third-order valence-electron chi connectivity index (χ3n) is 2.09. The van der Waals surface area contributed by atoms with E-state index in [-0.39, 0.29) is 4.90 Å². The monoisotopic (exact) mass is 273 g/mol. The SMILES string of the molecule is CO.Cc1ccc2cccc(S(=O)(=O)Cl)c2n1. The van der Waals surface area contributed by atoms with Gasteiger partial charge in [0.25, 0.3) is 9.05 Å². The van der Waals surface area contributed by atoms with Crippen LogP contribution in [0.4, 0.5) is 0 Å². The first-order chi connectivity index (χ1) is 7.98. The van der Waals surface area contributed by atoms with E-state index in [1.807, 2.05) is 12.1 Å². The van der Waals surface area contributed by atoms with Gasteiger partial charge in [0, 0.05) is 28.9 Å². The zero-order valence-corrected chi connectivity index (χ0v) is 11.0. The molecule has 0 aliphatic rings. The molecular formula is C11H12ClNO3S. The Kier molecular flexibility index (Phi) is 4.45. The fourth-order valence-electron chi connectivity index (χ4n) is 1.41. The van der Waals surface area contributed by atoms with E-state index in [1.54, 1.807) is 19.1 Å². The highest BCUT2D eigenvalue weighted by Crippen LogP contribution is 2.24. The fourth-order valence-corrected chi connectivity index (χ4v) is 2.42. The van der Waals surface area contributed by atoms with Crippen molar-refractivity contribution in [1.82, 2.24) is 4.98 Å². The van der Waals surface area contributed by atoms with E-state index in [0.717, 1.165) is 18.2 Å². The molecule has 0 unspecified atom stereocenters. The van der Waals surface area contributed by atoms with Crippen molar-refractivity contribution in [2.24, 2.45) is 0 Å². The number of rotatable bonds is 1. The first-order valence-corrected chi connectivity index (χ1v) is 7.05. The second-order valence-corrected chi connectivity index (χ2v) is 5.75. The predicted octanol–water partition coefficient (Wildman–Crippen LogP) is 2.08. The molecule has 0 aliphatic heterocycles. The minimum Gasteiger partial charge on any atom is -0.400 e. The number of nitrogens with zero attached hydrogens (tertiary/aromatic N) is 1. The first kappa shape index (κ1) is 13.9. The summed E-state index contributed by atoms with van der Waals surface area (Å²) in [5.74, 6) is 0. The van der Waals surface area contributed by atoms with Gasteiger partial charge in [0.05, 0.1) is 5.52 Å². The van der Waals surface area contributed by atoms with E-state index in [9.17, 15) is 8.42 Å². The minimum atomic E-state index is -3.74. The van der Waals surface area contributed by atoms with Crippen LogP contribution in [0, 0.1) is 6.92 Å². The van der Waals surface area contributed by atoms with Gasteiger partial charge in [-0.3, -0.25) is 4.98 Å². The molecule has 92 valence electrons. The number of fused-ring (bicyclic) bond motifs is 1. The lowest BCUT2D eigenvalue weighted by Gasteiger charge is -2.02. The molecule has 1 aromatic heterocycles. The summed E-state index contributed by atoms with van der Waals surface area (Å²) in [5, 5.41) is 7.77. The highest BCUT2D eigenvalue weighted by molar-refractivity contribution is 8.14. The van der Waals surface area contributed by atoms with Gasteiger partial charge in [0.15, 0.2) is 0 Å². The van der Waals surface area contributed by atoms with Crippen molar-refractivity contribution in [3.63, 3.8) is 0 Å². The van der Waals surface area contributed by atoms with Gasteiger partial charge in [0.1, 0.15) is 4.90 Å². The molecule has 1 aromatic carbocycles. The number of aryl methyl sites for hydroxylation is 1. The number of hydrogen-bond acceptors (Lipinski definition) is 4. The Bertz CT molecular complexity index is 626. The van der Waals surface area contributed by atoms with Gasteiger partial charge in [-0.25, -0.2) is 8.42 Å². The van der Waals surface area contributed by atoms with Crippen LogP contribution in [0.15, 0.2) is 35.2 Å². The van der Waals surface area contributed by atoms with Crippen molar-refractivity contribution in [2.75, 3.05) is 7.11 Å². The molecule has 1 heterocycles. The Balaban J connectivity index is 0.000000686. The lowest BCUT2D eigenvalue weighted by Crippen LogP contribution is -1.94. The van der Waals surface area contributed by atoms with Crippen molar-refractivity contribution in [1.29, 1.82) is 0 Å². The zero-order valence-electron chi connectivity index (χ0n) is 9.38. The zero-order chi connectivity index (χ0) is 13.1. The third kappa shape index (κ3) is 3.15. The molecule has 6 heteroatoms. The van der Waals surface area contributed by atoms with Crippen LogP contribution in [0.2, 0.25) is 0 Å². The Morgan fingerprint density at radius 3 is 2.41 bits per heavy atom. The lowest BCUT2D eigenvalue weighted by atomic mass is 10.2. The smallest absolute Gasteiger partial charge is 0.263 e. The fraction of sp³-hybridized carbons (Fsp3) is 0.182. The third-order valence-corrected chi connectivity index (χ3v) is 3.44. The van der Waals surface area contributed by atoms with Crippen molar-refractivity contribution >= 4 is 30.6 Å². The Morgan fingerprint density at radius 1 is 1.18 bits per heavy atom. The predicted molar refractivity (Wildman–Crippen MR) is 67.7 cm³/mol. The van der Waals surface area contributed by atoms with E-state index in [0.29, 0.717) is 5.52 Å². The average molecular weight is 274 g/mol. The minimum absolute atomic E-state index is 0.0605. The van der Waals surface area contributed by atoms with Crippen LogP contribution >= 0.6 is 10.7 Å². The highest BCUT2D eigenvalue weighted by atomic mass is 35.7. The largest absolute Gasteiger partial charge is 0.400 e. The maximum atomic E-state index is 11.3. The summed E-state index contributed by atoms with van der Waals surface area (Å²) in [6.45, 7) is 1.80. The van der Waals surface area contributed by atoms with E-state index in [1.165, 1.54) is 6.07 Å². The maximum absolute atomic E-state index is 11.3. The van der Waals surface area contributed by atoms with E-state index in [4.69, 9.17) is 15.8 Å². The summed E-state index contributed by atoms with van der Waals surface area (Å²) >= 11 is 0. The van der Waals surface area contributed by atoms with Crippen molar-refractivity contribution in [2.45, 2.75) is 11.8 Å². The Morgan fingerprint density at radius 2 is 1.82 bits per heavy atom. The summed E-state index contributed by atoms with van der Waals surface area (Å²) in [4.78, 5) is 4.24. The van der Waals surface area contributed by atoms with Crippen molar-refractivity contribution < 1.29 is 13.5 Å². The molecule has 2 aromatic rings. The molecule has 0 saturated heterocycles. The topological polar surface area (TPSA) is 67.3 Å². The molecule has 0 saturated carbocycles. The van der Waals surface area contributed by atoms with Gasteiger partial charge in [-0.05, 0) is 19.1 Å². The molecule has 0 amide bonds. The van der Waals surface area contributed by atoms with Crippen LogP contribution in [-0.4, -0.2) is 25.6 Å². The number of para-hydroxylation sites is 1. The summed E-state index contributed by atoms with van der Waals surface area (Å²) < 4.78 is 22.6. The van der Waals surface area contributed by atoms with Crippen LogP contribution in [0.5, 0.6) is 0 Å². The van der Waals surface area contributed by atoms with Gasteiger partial charge in [-0.15, -0.1) is 0 Å². The van der Waals surface area contributed by atoms with Crippen molar-refractivity contribution in [3.05, 3.63) is 36.0 Å². The van der Waals surface area contributed by atoms with Crippen LogP contribution in [0.1, 0.15) is 5.69 Å². The summed E-state index contributed by atoms with van der Waals surface area (Å²) in [6, 6.07) is 8.55. The number of aromatic nitrogens is 1. The first-order valence-electron chi connectivity index (χ1n) is 4.74. The molecular weight excluding hydrogens is 262 g/mol. The number of pyridine rings is 1. The van der Waals surface area contributed by atoms with Crippen LogP contribution in [-0.2, 0) is 9.05 Å². The summed E-state index contributed by atoms with van der Waals surface area (Å²) in [7, 11) is 2.59. The molecule has 4 nitrogen and oxygen atoms in total. The Hall–Kier alpha value is -1.17. The van der Waals surface area contributed by atoms with Crippen LogP contribution in [0.25, 0.3) is 10.9 Å². The number of hydrogen-bond donors (Lipinski definition) is 1. The average Bonchev–Trinajstić information content (AvgIpc) is 2.29. The lowest BCUT2D eigenvalue weighted by molar-refractivity contribution is 0.399. The van der Waals surface area contributed by atoms with E-state index < -0.39 is 9.05 Å². The summed E-state index contributed by atoms with van der Waals surface area (Å²) in [6.07, 6.45) is 0. The van der Waals surface area contributed by atoms with Gasteiger partial charge in [-0.1, -0.05) is 18.2 Å². The molecule has 0 bridgehead atoms. The quantitative estimate of drug-likeness (QED) is 0.808. The molecule has 0 spiro atoms. The number of benzene rings is 1. The molecule has 17 heavy (non-hydrogen) atoms. The molecule has 0 aliphatic carbocycles. The second-order valence-electron chi connectivity index (χ2n) is 3.22. The van der Waals surface area contributed by atoms with Gasteiger partial charge in [-0.2, -0.15) is 0 Å². The molecule has 0 fully saturated rings. The second kappa shape index (κ2) is 5.44.